The maximum absolute atomic E-state index is 6.51. The zero-order valence-electron chi connectivity index (χ0n) is 8.20. The van der Waals surface area contributed by atoms with E-state index in [4.69, 9.17) is 6.57 Å². The average Bonchev–Trinajstić information content (AvgIpc) is 2.25. The van der Waals surface area contributed by atoms with Gasteiger partial charge in [-0.25, -0.2) is 0 Å². The van der Waals surface area contributed by atoms with Crippen molar-refractivity contribution in [2.24, 2.45) is 0 Å². The summed E-state index contributed by atoms with van der Waals surface area (Å²) in [6.45, 7) is 14.5. The Morgan fingerprint density at radius 3 is 2.00 bits per heavy atom. The third-order valence-electron chi connectivity index (χ3n) is 0.764. The highest BCUT2D eigenvalue weighted by Gasteiger charge is 1.82. The maximum atomic E-state index is 6.51. The first-order valence-corrected chi connectivity index (χ1v) is 4.22. The largest absolute Gasteiger partial charge is 0.361 e. The Labute approximate surface area is 75.1 Å². The van der Waals surface area contributed by atoms with Gasteiger partial charge in [-0.05, 0) is 12.1 Å². The SMILES string of the molecule is CC.CC.[C-]#[N+]c1ccccn1. The van der Waals surface area contributed by atoms with E-state index in [1.807, 2.05) is 27.7 Å². The predicted molar refractivity (Wildman–Crippen MR) is 53.2 cm³/mol. The first kappa shape index (κ1) is 13.2. The molecule has 1 aromatic rings. The van der Waals surface area contributed by atoms with E-state index in [-0.39, 0.29) is 0 Å². The summed E-state index contributed by atoms with van der Waals surface area (Å²) in [5.41, 5.74) is 0. The maximum Gasteiger partial charge on any atom is 0.269 e. The zero-order valence-corrected chi connectivity index (χ0v) is 8.20. The molecule has 0 N–H and O–H groups in total. The molecule has 0 bridgehead atoms. The van der Waals surface area contributed by atoms with Crippen LogP contribution < -0.4 is 0 Å². The summed E-state index contributed by atoms with van der Waals surface area (Å²) >= 11 is 0. The first-order chi connectivity index (χ1) is 5.93. The zero-order chi connectivity index (χ0) is 9.82. The Balaban J connectivity index is 0. The van der Waals surface area contributed by atoms with Crippen LogP contribution >= 0.6 is 0 Å². The minimum absolute atomic E-state index is 0.451. The van der Waals surface area contributed by atoms with Crippen molar-refractivity contribution in [2.75, 3.05) is 0 Å². The molecule has 66 valence electrons. The third-order valence-corrected chi connectivity index (χ3v) is 0.764. The second-order valence-corrected chi connectivity index (χ2v) is 1.30. The summed E-state index contributed by atoms with van der Waals surface area (Å²) < 4.78 is 0. The van der Waals surface area contributed by atoms with Crippen molar-refractivity contribution in [1.82, 2.24) is 4.98 Å². The minimum Gasteiger partial charge on any atom is -0.361 e. The molecule has 0 unspecified atom stereocenters. The van der Waals surface area contributed by atoms with Gasteiger partial charge in [-0.2, -0.15) is 0 Å². The lowest BCUT2D eigenvalue weighted by atomic mass is 10.5. The number of hydrogen-bond acceptors (Lipinski definition) is 1. The molecule has 0 atom stereocenters. The summed E-state index contributed by atoms with van der Waals surface area (Å²) in [5, 5.41) is 0. The molecule has 0 aliphatic heterocycles. The van der Waals surface area contributed by atoms with Crippen LogP contribution in [-0.2, 0) is 0 Å². The topological polar surface area (TPSA) is 17.2 Å². The molecule has 0 saturated carbocycles. The summed E-state index contributed by atoms with van der Waals surface area (Å²) in [6, 6.07) is 5.25. The van der Waals surface area contributed by atoms with E-state index in [1.54, 1.807) is 24.4 Å². The van der Waals surface area contributed by atoms with Gasteiger partial charge in [0.05, 0.1) is 0 Å². The van der Waals surface area contributed by atoms with Crippen molar-refractivity contribution in [3.05, 3.63) is 35.8 Å². The van der Waals surface area contributed by atoms with Crippen molar-refractivity contribution < 1.29 is 0 Å². The molecule has 0 spiro atoms. The van der Waals surface area contributed by atoms with Crippen LogP contribution in [0.1, 0.15) is 27.7 Å². The molecule has 0 saturated heterocycles. The summed E-state index contributed by atoms with van der Waals surface area (Å²) in [6.07, 6.45) is 1.60. The Morgan fingerprint density at radius 2 is 1.75 bits per heavy atom. The molecule has 1 heterocycles. The van der Waals surface area contributed by atoms with Gasteiger partial charge in [-0.15, -0.1) is 4.98 Å². The second-order valence-electron chi connectivity index (χ2n) is 1.30. The van der Waals surface area contributed by atoms with Gasteiger partial charge >= 0.3 is 0 Å². The van der Waals surface area contributed by atoms with E-state index >= 15 is 0 Å². The van der Waals surface area contributed by atoms with Crippen LogP contribution in [0.4, 0.5) is 5.82 Å². The lowest BCUT2D eigenvalue weighted by Crippen LogP contribution is -1.64. The van der Waals surface area contributed by atoms with Crippen molar-refractivity contribution in [3.8, 4) is 0 Å². The normalized spacial score (nSPS) is 6.25. The van der Waals surface area contributed by atoms with E-state index in [0.717, 1.165) is 0 Å². The van der Waals surface area contributed by atoms with E-state index in [0.29, 0.717) is 5.82 Å². The Kier molecular flexibility index (Phi) is 13.6. The smallest absolute Gasteiger partial charge is 0.269 e. The van der Waals surface area contributed by atoms with Gasteiger partial charge in [0.15, 0.2) is 0 Å². The Hall–Kier alpha value is -1.36. The van der Waals surface area contributed by atoms with Crippen LogP contribution in [0.15, 0.2) is 24.4 Å². The molecule has 12 heavy (non-hydrogen) atoms. The van der Waals surface area contributed by atoms with Crippen molar-refractivity contribution >= 4 is 5.82 Å². The molecule has 0 amide bonds. The third kappa shape index (κ3) is 6.76. The minimum atomic E-state index is 0.451. The fourth-order valence-electron chi connectivity index (χ4n) is 0.420. The van der Waals surface area contributed by atoms with E-state index < -0.39 is 0 Å². The van der Waals surface area contributed by atoms with Crippen LogP contribution in [0.2, 0.25) is 0 Å². The van der Waals surface area contributed by atoms with Gasteiger partial charge in [0, 0.05) is 0 Å². The highest BCUT2D eigenvalue weighted by molar-refractivity contribution is 5.33. The molecule has 0 aromatic carbocycles. The van der Waals surface area contributed by atoms with Crippen molar-refractivity contribution in [2.45, 2.75) is 27.7 Å². The summed E-state index contributed by atoms with van der Waals surface area (Å²) in [4.78, 5) is 6.85. The van der Waals surface area contributed by atoms with Crippen LogP contribution in [0.5, 0.6) is 0 Å². The van der Waals surface area contributed by atoms with Crippen LogP contribution in [0.25, 0.3) is 4.85 Å². The predicted octanol–water partition coefficient (Wildman–Crippen LogP) is 3.68. The standard InChI is InChI=1S/C6H4N2.2C2H6/c1-7-6-4-2-3-5-8-6;2*1-2/h2-5H;2*1-2H3. The first-order valence-electron chi connectivity index (χ1n) is 4.22. The molecule has 1 rings (SSSR count). The highest BCUT2D eigenvalue weighted by atomic mass is 14.8. The van der Waals surface area contributed by atoms with Gasteiger partial charge in [0.1, 0.15) is 6.20 Å². The fraction of sp³-hybridized carbons (Fsp3) is 0.400. The lowest BCUT2D eigenvalue weighted by molar-refractivity contribution is 1.36. The van der Waals surface area contributed by atoms with E-state index in [2.05, 4.69) is 9.83 Å². The van der Waals surface area contributed by atoms with Crippen molar-refractivity contribution in [1.29, 1.82) is 0 Å². The number of aromatic nitrogens is 1. The molecular formula is C10H16N2. The van der Waals surface area contributed by atoms with Gasteiger partial charge in [-0.1, -0.05) is 40.3 Å². The number of pyridine rings is 1. The molecule has 2 heteroatoms. The number of hydrogen-bond donors (Lipinski definition) is 0. The molecule has 0 aliphatic rings. The average molecular weight is 164 g/mol. The second kappa shape index (κ2) is 12.3. The van der Waals surface area contributed by atoms with Crippen LogP contribution in [0.3, 0.4) is 0 Å². The van der Waals surface area contributed by atoms with E-state index in [1.165, 1.54) is 0 Å². The molecule has 2 nitrogen and oxygen atoms in total. The monoisotopic (exact) mass is 164 g/mol. The number of rotatable bonds is 0. The molecular weight excluding hydrogens is 148 g/mol. The molecule has 0 aliphatic carbocycles. The van der Waals surface area contributed by atoms with Crippen LogP contribution in [0, 0.1) is 6.57 Å². The van der Waals surface area contributed by atoms with E-state index in [9.17, 15) is 0 Å². The fourth-order valence-corrected chi connectivity index (χ4v) is 0.420. The Morgan fingerprint density at radius 1 is 1.17 bits per heavy atom. The van der Waals surface area contributed by atoms with Gasteiger partial charge < -0.3 is 4.85 Å². The highest BCUT2D eigenvalue weighted by Crippen LogP contribution is 2.02. The lowest BCUT2D eigenvalue weighted by Gasteiger charge is -1.79. The molecule has 1 aromatic heterocycles. The van der Waals surface area contributed by atoms with Gasteiger partial charge in [0.2, 0.25) is 0 Å². The molecule has 0 fully saturated rings. The Bertz CT molecular complexity index is 199. The quantitative estimate of drug-likeness (QED) is 0.534. The molecule has 0 radical (unpaired) electrons. The van der Waals surface area contributed by atoms with Gasteiger partial charge in [-0.3, -0.25) is 0 Å². The summed E-state index contributed by atoms with van der Waals surface area (Å²) in [5.74, 6) is 0.451. The van der Waals surface area contributed by atoms with Crippen LogP contribution in [-0.4, -0.2) is 4.98 Å². The van der Waals surface area contributed by atoms with Gasteiger partial charge in [0.25, 0.3) is 5.82 Å². The van der Waals surface area contributed by atoms with Crippen molar-refractivity contribution in [3.63, 3.8) is 0 Å². The number of nitrogens with zero attached hydrogens (tertiary/aromatic N) is 2. The summed E-state index contributed by atoms with van der Waals surface area (Å²) in [7, 11) is 0.